The number of pyridine rings is 1. The summed E-state index contributed by atoms with van der Waals surface area (Å²) in [6, 6.07) is 4.20. The Morgan fingerprint density at radius 1 is 1.00 bits per heavy atom. The number of rotatable bonds is 2. The number of benzene rings is 1. The Kier molecular flexibility index (Phi) is 3.17. The van der Waals surface area contributed by atoms with Crippen molar-refractivity contribution in [1.82, 2.24) is 25.4 Å². The van der Waals surface area contributed by atoms with E-state index in [-0.39, 0.29) is 0 Å². The first-order chi connectivity index (χ1) is 12.3. The molecule has 0 bridgehead atoms. The van der Waals surface area contributed by atoms with Crippen molar-refractivity contribution >= 4 is 21.8 Å². The first-order valence-electron chi connectivity index (χ1n) is 9.09. The minimum atomic E-state index is 0.951. The normalized spacial score (nSPS) is 14.3. The molecule has 0 saturated carbocycles. The molecule has 0 saturated heterocycles. The summed E-state index contributed by atoms with van der Waals surface area (Å²) in [5, 5.41) is 17.6. The molecule has 0 radical (unpaired) electrons. The standard InChI is InChI=1S/C20H21N5/c1-3-15-19-17(25-24-15)9-8-16-18(19)12-6-4-5-7-13(12)20(22-16)14-10-21-23-11(14)2/h8-10H,3-7H2,1-2H3,(H,21,23)(H,24,25). The molecule has 0 spiro atoms. The Balaban J connectivity index is 1.94. The maximum Gasteiger partial charge on any atom is 0.0931 e. The quantitative estimate of drug-likeness (QED) is 0.577. The summed E-state index contributed by atoms with van der Waals surface area (Å²) in [5.41, 5.74) is 9.51. The number of H-pyrrole nitrogens is 2. The highest BCUT2D eigenvalue weighted by molar-refractivity contribution is 6.09. The van der Waals surface area contributed by atoms with Crippen LogP contribution in [0.1, 0.15) is 42.3 Å². The largest absolute Gasteiger partial charge is 0.282 e. The zero-order chi connectivity index (χ0) is 17.0. The molecule has 5 heteroatoms. The molecule has 25 heavy (non-hydrogen) atoms. The molecule has 1 aliphatic rings. The van der Waals surface area contributed by atoms with Crippen LogP contribution in [0, 0.1) is 6.92 Å². The van der Waals surface area contributed by atoms with Gasteiger partial charge in [0.05, 0.1) is 22.9 Å². The van der Waals surface area contributed by atoms with Crippen molar-refractivity contribution in [2.45, 2.75) is 46.0 Å². The Labute approximate surface area is 145 Å². The van der Waals surface area contributed by atoms with Gasteiger partial charge < -0.3 is 0 Å². The van der Waals surface area contributed by atoms with Crippen LogP contribution >= 0.6 is 0 Å². The van der Waals surface area contributed by atoms with Gasteiger partial charge in [-0.3, -0.25) is 10.2 Å². The van der Waals surface area contributed by atoms with Crippen LogP contribution in [-0.4, -0.2) is 25.4 Å². The van der Waals surface area contributed by atoms with Gasteiger partial charge in [-0.05, 0) is 62.3 Å². The zero-order valence-corrected chi connectivity index (χ0v) is 14.6. The van der Waals surface area contributed by atoms with Gasteiger partial charge in [0.1, 0.15) is 0 Å². The second-order valence-electron chi connectivity index (χ2n) is 6.94. The van der Waals surface area contributed by atoms with Crippen molar-refractivity contribution in [3.8, 4) is 11.3 Å². The third-order valence-electron chi connectivity index (χ3n) is 5.50. The van der Waals surface area contributed by atoms with Crippen LogP contribution in [0.3, 0.4) is 0 Å². The molecule has 0 atom stereocenters. The van der Waals surface area contributed by atoms with Crippen molar-refractivity contribution in [2.24, 2.45) is 0 Å². The number of nitrogens with zero attached hydrogens (tertiary/aromatic N) is 3. The van der Waals surface area contributed by atoms with Crippen LogP contribution in [0.4, 0.5) is 0 Å². The molecule has 1 aromatic carbocycles. The van der Waals surface area contributed by atoms with Crippen molar-refractivity contribution in [3.05, 3.63) is 40.8 Å². The van der Waals surface area contributed by atoms with E-state index < -0.39 is 0 Å². The monoisotopic (exact) mass is 331 g/mol. The summed E-state index contributed by atoms with van der Waals surface area (Å²) < 4.78 is 0. The summed E-state index contributed by atoms with van der Waals surface area (Å²) >= 11 is 0. The number of aromatic nitrogens is 5. The minimum absolute atomic E-state index is 0.951. The lowest BCUT2D eigenvalue weighted by atomic mass is 9.85. The first-order valence-corrected chi connectivity index (χ1v) is 9.09. The van der Waals surface area contributed by atoms with E-state index in [1.54, 1.807) is 0 Å². The number of hydrogen-bond acceptors (Lipinski definition) is 3. The predicted molar refractivity (Wildman–Crippen MR) is 99.7 cm³/mol. The topological polar surface area (TPSA) is 70.2 Å². The Morgan fingerprint density at radius 2 is 1.80 bits per heavy atom. The lowest BCUT2D eigenvalue weighted by Gasteiger charge is -2.21. The average molecular weight is 331 g/mol. The SMILES string of the molecule is CCc1[nH]nc2ccc3nc(-c4cn[nH]c4C)c4c(c3c12)CCCC4. The minimum Gasteiger partial charge on any atom is -0.282 e. The fourth-order valence-electron chi connectivity index (χ4n) is 4.26. The Bertz CT molecular complexity index is 1100. The highest BCUT2D eigenvalue weighted by atomic mass is 15.1. The summed E-state index contributed by atoms with van der Waals surface area (Å²) in [5.74, 6) is 0. The Morgan fingerprint density at radius 3 is 2.56 bits per heavy atom. The molecular weight excluding hydrogens is 310 g/mol. The lowest BCUT2D eigenvalue weighted by molar-refractivity contribution is 0.689. The fraction of sp³-hybridized carbons (Fsp3) is 0.350. The van der Waals surface area contributed by atoms with Gasteiger partial charge in [0, 0.05) is 27.7 Å². The summed E-state index contributed by atoms with van der Waals surface area (Å²) in [7, 11) is 0. The molecular formula is C20H21N5. The number of fused-ring (bicyclic) bond motifs is 5. The molecule has 3 aromatic heterocycles. The highest BCUT2D eigenvalue weighted by Crippen LogP contribution is 2.39. The van der Waals surface area contributed by atoms with Gasteiger partial charge in [-0.15, -0.1) is 0 Å². The molecule has 126 valence electrons. The van der Waals surface area contributed by atoms with Crippen LogP contribution in [0.25, 0.3) is 33.1 Å². The van der Waals surface area contributed by atoms with Gasteiger partial charge in [-0.1, -0.05) is 6.92 Å². The lowest BCUT2D eigenvalue weighted by Crippen LogP contribution is -2.08. The van der Waals surface area contributed by atoms with Gasteiger partial charge >= 0.3 is 0 Å². The fourth-order valence-corrected chi connectivity index (χ4v) is 4.26. The molecule has 0 amide bonds. The zero-order valence-electron chi connectivity index (χ0n) is 14.6. The van der Waals surface area contributed by atoms with E-state index in [1.807, 2.05) is 6.20 Å². The van der Waals surface area contributed by atoms with Crippen molar-refractivity contribution < 1.29 is 0 Å². The summed E-state index contributed by atoms with van der Waals surface area (Å²) in [6.45, 7) is 4.24. The number of hydrogen-bond donors (Lipinski definition) is 2. The third-order valence-corrected chi connectivity index (χ3v) is 5.50. The van der Waals surface area contributed by atoms with Gasteiger partial charge in [0.2, 0.25) is 0 Å². The van der Waals surface area contributed by atoms with Crippen molar-refractivity contribution in [3.63, 3.8) is 0 Å². The van der Waals surface area contributed by atoms with E-state index in [0.717, 1.165) is 47.2 Å². The molecule has 5 nitrogen and oxygen atoms in total. The van der Waals surface area contributed by atoms with Crippen LogP contribution in [0.15, 0.2) is 18.3 Å². The van der Waals surface area contributed by atoms with Gasteiger partial charge in [0.15, 0.2) is 0 Å². The molecule has 3 heterocycles. The summed E-state index contributed by atoms with van der Waals surface area (Å²) in [6.07, 6.45) is 7.54. The molecule has 0 fully saturated rings. The van der Waals surface area contributed by atoms with E-state index in [2.05, 4.69) is 46.4 Å². The molecule has 0 unspecified atom stereocenters. The Hall–Kier alpha value is -2.69. The highest BCUT2D eigenvalue weighted by Gasteiger charge is 2.23. The van der Waals surface area contributed by atoms with Gasteiger partial charge in [0.25, 0.3) is 0 Å². The third kappa shape index (κ3) is 2.05. The van der Waals surface area contributed by atoms with Crippen LogP contribution in [0.2, 0.25) is 0 Å². The van der Waals surface area contributed by atoms with E-state index in [4.69, 9.17) is 4.98 Å². The molecule has 1 aliphatic carbocycles. The molecule has 0 aliphatic heterocycles. The number of aryl methyl sites for hydroxylation is 3. The summed E-state index contributed by atoms with van der Waals surface area (Å²) in [4.78, 5) is 5.10. The maximum atomic E-state index is 5.10. The van der Waals surface area contributed by atoms with E-state index in [1.165, 1.54) is 40.4 Å². The number of aromatic amines is 2. The van der Waals surface area contributed by atoms with Gasteiger partial charge in [-0.25, -0.2) is 4.98 Å². The smallest absolute Gasteiger partial charge is 0.0931 e. The molecule has 2 N–H and O–H groups in total. The van der Waals surface area contributed by atoms with Gasteiger partial charge in [-0.2, -0.15) is 10.2 Å². The molecule has 4 aromatic rings. The molecule has 5 rings (SSSR count). The first kappa shape index (κ1) is 14.6. The number of nitrogens with one attached hydrogen (secondary N) is 2. The van der Waals surface area contributed by atoms with E-state index in [0.29, 0.717) is 0 Å². The average Bonchev–Trinajstić information content (AvgIpc) is 3.26. The van der Waals surface area contributed by atoms with Crippen molar-refractivity contribution in [1.29, 1.82) is 0 Å². The van der Waals surface area contributed by atoms with Crippen LogP contribution in [0.5, 0.6) is 0 Å². The predicted octanol–water partition coefficient (Wildman–Crippen LogP) is 4.25. The van der Waals surface area contributed by atoms with Crippen LogP contribution < -0.4 is 0 Å². The van der Waals surface area contributed by atoms with E-state index >= 15 is 0 Å². The van der Waals surface area contributed by atoms with Crippen LogP contribution in [-0.2, 0) is 19.3 Å². The second-order valence-corrected chi connectivity index (χ2v) is 6.94. The second kappa shape index (κ2) is 5.41. The maximum absolute atomic E-state index is 5.10. The van der Waals surface area contributed by atoms with Crippen molar-refractivity contribution in [2.75, 3.05) is 0 Å². The van der Waals surface area contributed by atoms with E-state index in [9.17, 15) is 0 Å².